The largest absolute Gasteiger partial charge is 0.491 e. The van der Waals surface area contributed by atoms with Crippen LogP contribution in [-0.2, 0) is 18.3 Å². The quantitative estimate of drug-likeness (QED) is 0.0358. The Bertz CT molecular complexity index is 842. The Morgan fingerprint density at radius 1 is 0.293 bits per heavy atom. The summed E-state index contributed by atoms with van der Waals surface area (Å²) in [5.74, 6) is 0. The Kier molecular flexibility index (Phi) is 91.0. The molecule has 16 heteroatoms. The minimum absolute atomic E-state index is 0. The normalized spacial score (nSPS) is 10.9. The van der Waals surface area contributed by atoms with E-state index in [-0.39, 0.29) is 163 Å². The van der Waals surface area contributed by atoms with Crippen LogP contribution in [0.2, 0.25) is 0 Å². The molecule has 1 unspecified atom stereocenters. The van der Waals surface area contributed by atoms with Crippen molar-refractivity contribution in [2.75, 3.05) is 37.0 Å². The fraction of sp³-hybridized carbons (Fsp3) is 1.00. The van der Waals surface area contributed by atoms with Crippen LogP contribution in [0.4, 0.5) is 0 Å². The van der Waals surface area contributed by atoms with Crippen LogP contribution in [0.15, 0.2) is 0 Å². The van der Waals surface area contributed by atoms with Crippen LogP contribution < -0.4 is 0 Å². The van der Waals surface area contributed by atoms with Gasteiger partial charge >= 0.3 is 8.69 Å². The summed E-state index contributed by atoms with van der Waals surface area (Å²) in [5.41, 5.74) is 0. The second-order valence-corrected chi connectivity index (χ2v) is 23.4. The maximum absolute atomic E-state index is 11.9. The van der Waals surface area contributed by atoms with Gasteiger partial charge in [-0.15, -0.1) is 0 Å². The van der Waals surface area contributed by atoms with Crippen LogP contribution in [0.5, 0.6) is 0 Å². The Balaban J connectivity index is -0.000000101. The summed E-state index contributed by atoms with van der Waals surface area (Å²) in [6.45, 7) is 13.1. The third kappa shape index (κ3) is 79.1. The molecule has 0 saturated heterocycles. The van der Waals surface area contributed by atoms with Crippen LogP contribution in [0.25, 0.3) is 0 Å². The molecule has 0 rings (SSSR count). The van der Waals surface area contributed by atoms with Crippen molar-refractivity contribution in [1.29, 1.82) is 0 Å². The number of unbranched alkanes of at least 4 members (excludes halogenated alkanes) is 24. The van der Waals surface area contributed by atoms with Gasteiger partial charge in [0.05, 0.1) is 0 Å². The molecular formula is C42H95Nd4O8P4+. The van der Waals surface area contributed by atoms with Crippen molar-refractivity contribution in [3.8, 4) is 0 Å². The van der Waals surface area contributed by atoms with Gasteiger partial charge in [-0.1, -0.05) is 196 Å². The van der Waals surface area contributed by atoms with Gasteiger partial charge in [-0.05, 0) is 43.1 Å². The Labute approximate surface area is 494 Å². The molecule has 0 saturated carbocycles. The molecule has 4 N–H and O–H groups in total. The molecule has 0 radical (unpaired) electrons. The van der Waals surface area contributed by atoms with Crippen LogP contribution in [0, 0.1) is 163 Å². The van der Waals surface area contributed by atoms with Gasteiger partial charge in [0.15, 0.2) is 0 Å². The van der Waals surface area contributed by atoms with Crippen molar-refractivity contribution >= 4 is 30.8 Å². The first-order valence-corrected chi connectivity index (χ1v) is 29.7. The molecule has 0 aromatic heterocycles. The first kappa shape index (κ1) is 81.0. The van der Waals surface area contributed by atoms with Gasteiger partial charge in [-0.2, -0.15) is 4.89 Å². The number of rotatable bonds is 36. The molecule has 8 nitrogen and oxygen atoms in total. The third-order valence-electron chi connectivity index (χ3n) is 9.67. The van der Waals surface area contributed by atoms with Gasteiger partial charge in [0.2, 0.25) is 22.1 Å². The molecular weight excluding hydrogens is 1330 g/mol. The second kappa shape index (κ2) is 65.1. The van der Waals surface area contributed by atoms with Gasteiger partial charge in [0.1, 0.15) is 0 Å². The van der Waals surface area contributed by atoms with E-state index in [0.717, 1.165) is 77.0 Å². The van der Waals surface area contributed by atoms with Crippen LogP contribution in [0.3, 0.4) is 0 Å². The Morgan fingerprint density at radius 2 is 0.397 bits per heavy atom. The molecule has 0 aromatic carbocycles. The molecule has 0 bridgehead atoms. The van der Waals surface area contributed by atoms with Crippen molar-refractivity contribution in [3.05, 3.63) is 0 Å². The molecule has 0 aliphatic rings. The SMILES string of the molecule is CCCCCCCCP(=O)(O)CCCCCCCC.CCCCCCCP(=O)(O)CCCCCCC.CCCCCCP(=O)(O)CCCCCC.O=[PH+]O.[Nd].[Nd].[Nd].[Nd]. The third-order valence-corrected chi connectivity index (χ3v) is 15.8. The van der Waals surface area contributed by atoms with E-state index < -0.39 is 30.8 Å². The second-order valence-electron chi connectivity index (χ2n) is 15.5. The summed E-state index contributed by atoms with van der Waals surface area (Å²) < 4.78 is 44.0. The summed E-state index contributed by atoms with van der Waals surface area (Å²) in [4.78, 5) is 36.4. The van der Waals surface area contributed by atoms with Crippen LogP contribution in [-0.4, -0.2) is 56.5 Å². The molecule has 0 spiro atoms. The van der Waals surface area contributed by atoms with E-state index in [1.807, 2.05) is 0 Å². The molecule has 0 aliphatic carbocycles. The summed E-state index contributed by atoms with van der Waals surface area (Å²) in [6, 6.07) is 0. The predicted molar refractivity (Wildman–Crippen MR) is 242 cm³/mol. The van der Waals surface area contributed by atoms with Gasteiger partial charge in [0, 0.05) is 200 Å². The first-order valence-electron chi connectivity index (χ1n) is 22.7. The summed E-state index contributed by atoms with van der Waals surface area (Å²) in [6.07, 6.45) is 37.9. The summed E-state index contributed by atoms with van der Waals surface area (Å²) in [7, 11) is -9.53. The van der Waals surface area contributed by atoms with E-state index in [1.165, 1.54) is 116 Å². The molecule has 1 atom stereocenters. The van der Waals surface area contributed by atoms with Crippen molar-refractivity contribution < 1.29 is 201 Å². The van der Waals surface area contributed by atoms with Crippen molar-refractivity contribution in [3.63, 3.8) is 0 Å². The minimum Gasteiger partial charge on any atom is -0.344 e. The summed E-state index contributed by atoms with van der Waals surface area (Å²) >= 11 is 0. The molecule has 0 aliphatic heterocycles. The van der Waals surface area contributed by atoms with Crippen molar-refractivity contribution in [2.45, 2.75) is 234 Å². The van der Waals surface area contributed by atoms with Crippen LogP contribution in [0.1, 0.15) is 234 Å². The average molecular weight is 1430 g/mol. The van der Waals surface area contributed by atoms with Gasteiger partial charge in [0.25, 0.3) is 0 Å². The van der Waals surface area contributed by atoms with E-state index in [2.05, 4.69) is 41.5 Å². The van der Waals surface area contributed by atoms with Crippen LogP contribution >= 0.6 is 30.8 Å². The van der Waals surface area contributed by atoms with Crippen molar-refractivity contribution in [2.24, 2.45) is 0 Å². The van der Waals surface area contributed by atoms with E-state index in [4.69, 9.17) is 9.46 Å². The average Bonchev–Trinajstić information content (AvgIpc) is 3.12. The maximum atomic E-state index is 11.9. The fourth-order valence-electron chi connectivity index (χ4n) is 6.11. The topological polar surface area (TPSA) is 149 Å². The molecule has 0 fully saturated rings. The van der Waals surface area contributed by atoms with E-state index >= 15 is 0 Å². The summed E-state index contributed by atoms with van der Waals surface area (Å²) in [5, 5.41) is 0. The zero-order valence-electron chi connectivity index (χ0n) is 38.7. The zero-order valence-corrected chi connectivity index (χ0v) is 55.2. The molecule has 0 aromatic rings. The fourth-order valence-corrected chi connectivity index (χ4v) is 11.1. The minimum atomic E-state index is -2.80. The molecule has 346 valence electrons. The monoisotopic (exact) mass is 1420 g/mol. The standard InChI is InChI=1S/C16H35O2P.C14H31O2P.C12H27O2P.4Nd.HO2P/c1-3-5-7-9-11-13-15-19(17,18)16-14-12-10-8-6-4-2;1-3-5-7-9-11-13-17(15,16)14-12-10-8-6-4-2;1-3-5-7-9-11-15(13,14)12-10-8-6-4-2;;;;;1-3-2/h3-16H2,1-2H3,(H,17,18);3-14H2,1-2H3,(H,15,16);3-12H2,1-2H3,(H,13,14);;;;;3H/p+1. The van der Waals surface area contributed by atoms with Gasteiger partial charge in [-0.3, -0.25) is 13.7 Å². The number of hydrogen-bond acceptors (Lipinski definition) is 4. The molecule has 58 heavy (non-hydrogen) atoms. The maximum Gasteiger partial charge on any atom is 0.491 e. The van der Waals surface area contributed by atoms with E-state index in [9.17, 15) is 28.4 Å². The zero-order chi connectivity index (χ0) is 41.7. The molecule has 0 heterocycles. The Morgan fingerprint density at radius 3 is 0.534 bits per heavy atom. The Hall–Kier alpha value is 6.03. The van der Waals surface area contributed by atoms with E-state index in [1.54, 1.807) is 0 Å². The molecule has 0 amide bonds. The first-order chi connectivity index (χ1) is 25.8. The smallest absolute Gasteiger partial charge is 0.344 e. The van der Waals surface area contributed by atoms with Gasteiger partial charge in [-0.25, -0.2) is 0 Å². The van der Waals surface area contributed by atoms with Gasteiger partial charge < -0.3 is 14.7 Å². The van der Waals surface area contributed by atoms with E-state index in [0.29, 0.717) is 37.0 Å². The predicted octanol–water partition coefficient (Wildman–Crippen LogP) is 15.5. The van der Waals surface area contributed by atoms with Crippen molar-refractivity contribution in [1.82, 2.24) is 0 Å². The number of hydrogen-bond donors (Lipinski definition) is 4.